The van der Waals surface area contributed by atoms with Crippen LogP contribution in [0, 0.1) is 5.92 Å². The molecule has 3 atom stereocenters. The summed E-state index contributed by atoms with van der Waals surface area (Å²) in [6, 6.07) is 0.657. The van der Waals surface area contributed by atoms with E-state index in [0.717, 1.165) is 30.4 Å². The van der Waals surface area contributed by atoms with Crippen LogP contribution in [0.3, 0.4) is 0 Å². The van der Waals surface area contributed by atoms with Gasteiger partial charge >= 0.3 is 0 Å². The van der Waals surface area contributed by atoms with Crippen LogP contribution >= 0.6 is 11.8 Å². The molecule has 3 unspecified atom stereocenters. The Kier molecular flexibility index (Phi) is 3.40. The van der Waals surface area contributed by atoms with Crippen molar-refractivity contribution in [2.24, 2.45) is 5.92 Å². The Hall–Kier alpha value is 0.270. The minimum Gasteiger partial charge on any atom is -0.388 e. The Balaban J connectivity index is 1.75. The molecule has 1 saturated heterocycles. The maximum Gasteiger partial charge on any atom is 0.0869 e. The Bertz CT molecular complexity index is 192. The van der Waals surface area contributed by atoms with Crippen molar-refractivity contribution in [3.63, 3.8) is 0 Å². The average Bonchev–Trinajstić information content (AvgIpc) is 2.73. The maximum absolute atomic E-state index is 10.2. The molecule has 2 N–H and O–H groups in total. The van der Waals surface area contributed by atoms with Crippen LogP contribution in [0.1, 0.15) is 32.6 Å². The summed E-state index contributed by atoms with van der Waals surface area (Å²) in [5, 5.41) is 13.7. The molecule has 0 bridgehead atoms. The van der Waals surface area contributed by atoms with Crippen LogP contribution in [-0.2, 0) is 0 Å². The zero-order valence-electron chi connectivity index (χ0n) is 8.96. The highest BCUT2D eigenvalue weighted by Gasteiger charge is 2.33. The molecule has 14 heavy (non-hydrogen) atoms. The molecule has 3 heteroatoms. The van der Waals surface area contributed by atoms with Gasteiger partial charge in [-0.25, -0.2) is 0 Å². The number of nitrogens with one attached hydrogen (secondary N) is 1. The molecule has 82 valence electrons. The third-order valence-electron chi connectivity index (χ3n) is 3.64. The lowest BCUT2D eigenvalue weighted by Crippen LogP contribution is -2.45. The van der Waals surface area contributed by atoms with Crippen LogP contribution < -0.4 is 5.32 Å². The molecule has 2 fully saturated rings. The number of rotatable bonds is 3. The molecule has 0 spiro atoms. The van der Waals surface area contributed by atoms with E-state index in [4.69, 9.17) is 0 Å². The second-order valence-corrected chi connectivity index (χ2v) is 6.03. The fourth-order valence-electron chi connectivity index (χ4n) is 2.51. The molecule has 0 radical (unpaired) electrons. The van der Waals surface area contributed by atoms with E-state index in [9.17, 15) is 5.11 Å². The quantitative estimate of drug-likeness (QED) is 0.750. The number of aliphatic hydroxyl groups is 1. The Morgan fingerprint density at radius 2 is 2.36 bits per heavy atom. The van der Waals surface area contributed by atoms with Crippen LogP contribution in [0.25, 0.3) is 0 Å². The molecule has 0 amide bonds. The van der Waals surface area contributed by atoms with E-state index in [1.165, 1.54) is 19.3 Å². The predicted octanol–water partition coefficient (Wildman–Crippen LogP) is 1.63. The van der Waals surface area contributed by atoms with Crippen molar-refractivity contribution >= 4 is 11.8 Å². The predicted molar refractivity (Wildman–Crippen MR) is 61.7 cm³/mol. The van der Waals surface area contributed by atoms with Crippen LogP contribution in [0.15, 0.2) is 0 Å². The van der Waals surface area contributed by atoms with Crippen molar-refractivity contribution < 1.29 is 5.11 Å². The minimum atomic E-state index is -0.410. The number of thioether (sulfide) groups is 1. The van der Waals surface area contributed by atoms with Gasteiger partial charge in [-0.1, -0.05) is 13.3 Å². The molecule has 2 aliphatic rings. The molecular weight excluding hydrogens is 194 g/mol. The highest BCUT2D eigenvalue weighted by molar-refractivity contribution is 7.99. The minimum absolute atomic E-state index is 0.410. The Labute approximate surface area is 90.8 Å². The smallest absolute Gasteiger partial charge is 0.0869 e. The van der Waals surface area contributed by atoms with Crippen molar-refractivity contribution in [1.82, 2.24) is 5.32 Å². The lowest BCUT2D eigenvalue weighted by atomic mass is 10.0. The topological polar surface area (TPSA) is 32.3 Å². The molecule has 0 aromatic heterocycles. The fourth-order valence-corrected chi connectivity index (χ4v) is 3.80. The normalized spacial score (nSPS) is 43.3. The van der Waals surface area contributed by atoms with Crippen LogP contribution in [0.2, 0.25) is 0 Å². The van der Waals surface area contributed by atoms with Crippen molar-refractivity contribution in [1.29, 1.82) is 0 Å². The first kappa shape index (κ1) is 10.8. The van der Waals surface area contributed by atoms with Crippen LogP contribution in [0.5, 0.6) is 0 Å². The second-order valence-electron chi connectivity index (χ2n) is 4.92. The van der Waals surface area contributed by atoms with E-state index >= 15 is 0 Å². The zero-order valence-corrected chi connectivity index (χ0v) is 9.78. The molecule has 2 nitrogen and oxygen atoms in total. The van der Waals surface area contributed by atoms with E-state index < -0.39 is 5.60 Å². The van der Waals surface area contributed by atoms with Gasteiger partial charge in [0, 0.05) is 18.3 Å². The first-order valence-corrected chi connectivity index (χ1v) is 6.89. The van der Waals surface area contributed by atoms with Crippen LogP contribution in [-0.4, -0.2) is 34.8 Å². The molecule has 1 saturated carbocycles. The van der Waals surface area contributed by atoms with E-state index in [1.54, 1.807) is 0 Å². The molecule has 0 aromatic carbocycles. The van der Waals surface area contributed by atoms with Crippen molar-refractivity contribution in [2.45, 2.75) is 44.2 Å². The van der Waals surface area contributed by atoms with Gasteiger partial charge in [0.2, 0.25) is 0 Å². The Morgan fingerprint density at radius 1 is 1.50 bits per heavy atom. The number of hydrogen-bond acceptors (Lipinski definition) is 3. The van der Waals surface area contributed by atoms with E-state index in [0.29, 0.717) is 6.04 Å². The third-order valence-corrected chi connectivity index (χ3v) is 4.87. The summed E-state index contributed by atoms with van der Waals surface area (Å²) in [5.74, 6) is 2.84. The standard InChI is InChI=1S/C11H21NOS/c1-9-3-2-4-10(9)12-7-11(13)5-6-14-8-11/h9-10,12-13H,2-8H2,1H3. The molecule has 1 aliphatic carbocycles. The Morgan fingerprint density at radius 3 is 2.93 bits per heavy atom. The average molecular weight is 215 g/mol. The summed E-state index contributed by atoms with van der Waals surface area (Å²) >= 11 is 1.87. The summed E-state index contributed by atoms with van der Waals surface area (Å²) in [6.45, 7) is 3.12. The largest absolute Gasteiger partial charge is 0.388 e. The van der Waals surface area contributed by atoms with Crippen molar-refractivity contribution in [3.05, 3.63) is 0 Å². The fraction of sp³-hybridized carbons (Fsp3) is 1.00. The van der Waals surface area contributed by atoms with Gasteiger partial charge in [0.05, 0.1) is 5.60 Å². The first-order valence-electron chi connectivity index (χ1n) is 5.73. The molecule has 0 aromatic rings. The molecular formula is C11H21NOS. The summed E-state index contributed by atoms with van der Waals surface area (Å²) in [6.07, 6.45) is 4.97. The van der Waals surface area contributed by atoms with Crippen LogP contribution in [0.4, 0.5) is 0 Å². The first-order chi connectivity index (χ1) is 6.70. The molecule has 2 rings (SSSR count). The lowest BCUT2D eigenvalue weighted by molar-refractivity contribution is 0.0633. The summed E-state index contributed by atoms with van der Waals surface area (Å²) in [4.78, 5) is 0. The molecule has 1 aliphatic heterocycles. The monoisotopic (exact) mass is 215 g/mol. The highest BCUT2D eigenvalue weighted by Crippen LogP contribution is 2.29. The maximum atomic E-state index is 10.2. The summed E-state index contributed by atoms with van der Waals surface area (Å²) in [7, 11) is 0. The van der Waals surface area contributed by atoms with Gasteiger partial charge in [-0.15, -0.1) is 0 Å². The second kappa shape index (κ2) is 4.42. The molecule has 1 heterocycles. The van der Waals surface area contributed by atoms with Gasteiger partial charge in [-0.2, -0.15) is 11.8 Å². The van der Waals surface area contributed by atoms with Gasteiger partial charge in [0.15, 0.2) is 0 Å². The van der Waals surface area contributed by atoms with E-state index in [2.05, 4.69) is 12.2 Å². The lowest BCUT2D eigenvalue weighted by Gasteiger charge is -2.26. The van der Waals surface area contributed by atoms with Gasteiger partial charge < -0.3 is 10.4 Å². The van der Waals surface area contributed by atoms with E-state index in [1.807, 2.05) is 11.8 Å². The highest BCUT2D eigenvalue weighted by atomic mass is 32.2. The third kappa shape index (κ3) is 2.44. The SMILES string of the molecule is CC1CCCC1NCC1(O)CCSC1. The summed E-state index contributed by atoms with van der Waals surface area (Å²) in [5.41, 5.74) is -0.410. The van der Waals surface area contributed by atoms with Gasteiger partial charge in [-0.05, 0) is 30.9 Å². The zero-order chi connectivity index (χ0) is 10.0. The van der Waals surface area contributed by atoms with Gasteiger partial charge in [0.1, 0.15) is 0 Å². The van der Waals surface area contributed by atoms with Crippen molar-refractivity contribution in [3.8, 4) is 0 Å². The van der Waals surface area contributed by atoms with Crippen molar-refractivity contribution in [2.75, 3.05) is 18.1 Å². The van der Waals surface area contributed by atoms with Gasteiger partial charge in [0.25, 0.3) is 0 Å². The van der Waals surface area contributed by atoms with E-state index in [-0.39, 0.29) is 0 Å². The number of hydrogen-bond donors (Lipinski definition) is 2. The van der Waals surface area contributed by atoms with Gasteiger partial charge in [-0.3, -0.25) is 0 Å². The summed E-state index contributed by atoms with van der Waals surface area (Å²) < 4.78 is 0.